The summed E-state index contributed by atoms with van der Waals surface area (Å²) < 4.78 is 0. The third kappa shape index (κ3) is 3.73. The molecule has 5 N–H and O–H groups in total. The predicted molar refractivity (Wildman–Crippen MR) is 79.3 cm³/mol. The first kappa shape index (κ1) is 14.9. The number of fused-ring (bicyclic) bond motifs is 1. The molecule has 112 valence electrons. The minimum atomic E-state index is -0.896. The molecule has 1 saturated heterocycles. The number of H-pyrrole nitrogens is 1. The fourth-order valence-corrected chi connectivity index (χ4v) is 2.13. The highest BCUT2D eigenvalue weighted by molar-refractivity contribution is 6.02. The second-order valence-electron chi connectivity index (χ2n) is 4.63. The number of para-hydroxylation sites is 1. The molecule has 2 heterocycles. The summed E-state index contributed by atoms with van der Waals surface area (Å²) >= 11 is 0. The van der Waals surface area contributed by atoms with E-state index in [-0.39, 0.29) is 6.03 Å². The Morgan fingerprint density at radius 1 is 1.19 bits per heavy atom. The Hall–Kier alpha value is -2.54. The maximum Gasteiger partial charge on any atom is 0.337 e. The van der Waals surface area contributed by atoms with Gasteiger partial charge in [0.25, 0.3) is 0 Å². The quantitative estimate of drug-likeness (QED) is 0.623. The Bertz CT molecular complexity index is 632. The van der Waals surface area contributed by atoms with E-state index in [1.165, 1.54) is 6.20 Å². The Morgan fingerprint density at radius 3 is 2.43 bits per heavy atom. The number of amides is 2. The number of nitrogens with two attached hydrogens (primary N) is 1. The molecule has 2 amide bonds. The molecule has 0 spiro atoms. The number of primary amides is 1. The molecule has 1 aliphatic rings. The number of nitrogens with one attached hydrogen (secondary N) is 2. The molecule has 0 atom stereocenters. The molecule has 2 aromatic rings. The van der Waals surface area contributed by atoms with Crippen LogP contribution in [0.3, 0.4) is 0 Å². The van der Waals surface area contributed by atoms with E-state index in [1.807, 2.05) is 18.2 Å². The number of rotatable bonds is 1. The summed E-state index contributed by atoms with van der Waals surface area (Å²) in [4.78, 5) is 25.7. The number of nitrogens with zero attached hydrogens (tertiary/aromatic N) is 1. The number of urea groups is 1. The van der Waals surface area contributed by atoms with Gasteiger partial charge in [0.1, 0.15) is 0 Å². The van der Waals surface area contributed by atoms with Gasteiger partial charge in [-0.2, -0.15) is 0 Å². The lowest BCUT2D eigenvalue weighted by Gasteiger charge is -2.25. The van der Waals surface area contributed by atoms with Crippen LogP contribution in [0.1, 0.15) is 10.4 Å². The van der Waals surface area contributed by atoms with E-state index >= 15 is 0 Å². The molecule has 0 bridgehead atoms. The van der Waals surface area contributed by atoms with Crippen molar-refractivity contribution in [2.75, 3.05) is 26.2 Å². The maximum atomic E-state index is 10.7. The molecule has 0 saturated carbocycles. The summed E-state index contributed by atoms with van der Waals surface area (Å²) in [5.74, 6) is -0.896. The van der Waals surface area contributed by atoms with E-state index in [9.17, 15) is 9.59 Å². The molecule has 1 aromatic carbocycles. The van der Waals surface area contributed by atoms with Gasteiger partial charge in [-0.15, -0.1) is 0 Å². The first-order valence-corrected chi connectivity index (χ1v) is 6.64. The molecule has 1 aliphatic heterocycles. The van der Waals surface area contributed by atoms with E-state index in [0.29, 0.717) is 5.56 Å². The molecular weight excluding hydrogens is 272 g/mol. The number of carboxylic acids is 1. The van der Waals surface area contributed by atoms with Gasteiger partial charge in [0.2, 0.25) is 0 Å². The first-order chi connectivity index (χ1) is 10.1. The van der Waals surface area contributed by atoms with Crippen LogP contribution in [0.5, 0.6) is 0 Å². The zero-order chi connectivity index (χ0) is 15.2. The van der Waals surface area contributed by atoms with Crippen LogP contribution in [0.15, 0.2) is 30.5 Å². The molecule has 21 heavy (non-hydrogen) atoms. The highest BCUT2D eigenvalue weighted by Crippen LogP contribution is 2.16. The molecule has 3 rings (SSSR count). The molecule has 7 nitrogen and oxygen atoms in total. The summed E-state index contributed by atoms with van der Waals surface area (Å²) in [5, 5.41) is 12.6. The minimum Gasteiger partial charge on any atom is -0.478 e. The molecule has 0 unspecified atom stereocenters. The standard InChI is InChI=1S/C9H7NO2.C5H11N3O/c11-9(12)7-5-10-8-4-2-1-3-6(7)8;6-5(9)8-3-1-7-2-4-8/h1-5,10H,(H,11,12);7H,1-4H2,(H2,6,9). The minimum absolute atomic E-state index is 0.309. The number of aromatic carboxylic acids is 1. The van der Waals surface area contributed by atoms with Crippen LogP contribution in [0.25, 0.3) is 10.9 Å². The van der Waals surface area contributed by atoms with Gasteiger partial charge in [-0.1, -0.05) is 18.2 Å². The highest BCUT2D eigenvalue weighted by atomic mass is 16.4. The number of hydrogen-bond donors (Lipinski definition) is 4. The Kier molecular flexibility index (Phi) is 4.78. The van der Waals surface area contributed by atoms with E-state index in [2.05, 4.69) is 10.3 Å². The number of benzene rings is 1. The zero-order valence-corrected chi connectivity index (χ0v) is 11.5. The van der Waals surface area contributed by atoms with Crippen molar-refractivity contribution in [1.29, 1.82) is 0 Å². The summed E-state index contributed by atoms with van der Waals surface area (Å²) in [6.45, 7) is 3.22. The average molecular weight is 290 g/mol. The van der Waals surface area contributed by atoms with Gasteiger partial charge < -0.3 is 26.0 Å². The highest BCUT2D eigenvalue weighted by Gasteiger charge is 2.11. The second kappa shape index (κ2) is 6.76. The SMILES string of the molecule is NC(=O)N1CCNCC1.O=C(O)c1c[nH]c2ccccc12. The number of carbonyl (C=O) groups excluding carboxylic acids is 1. The molecular formula is C14H18N4O3. The number of hydrogen-bond acceptors (Lipinski definition) is 3. The topological polar surface area (TPSA) is 111 Å². The van der Waals surface area contributed by atoms with Crippen LogP contribution in [-0.2, 0) is 0 Å². The number of piperazine rings is 1. The Labute approximate surface area is 121 Å². The van der Waals surface area contributed by atoms with Crippen molar-refractivity contribution in [2.24, 2.45) is 5.73 Å². The average Bonchev–Trinajstić information content (AvgIpc) is 2.93. The third-order valence-corrected chi connectivity index (χ3v) is 3.25. The van der Waals surface area contributed by atoms with Crippen molar-refractivity contribution in [3.05, 3.63) is 36.0 Å². The van der Waals surface area contributed by atoms with Crippen molar-refractivity contribution in [3.63, 3.8) is 0 Å². The van der Waals surface area contributed by atoms with Gasteiger partial charge in [-0.05, 0) is 6.07 Å². The maximum absolute atomic E-state index is 10.7. The lowest BCUT2D eigenvalue weighted by atomic mass is 10.2. The van der Waals surface area contributed by atoms with E-state index in [1.54, 1.807) is 11.0 Å². The number of carboxylic acid groups (broad SMARTS) is 1. The summed E-state index contributed by atoms with van der Waals surface area (Å²) in [6.07, 6.45) is 1.51. The van der Waals surface area contributed by atoms with Gasteiger partial charge in [-0.3, -0.25) is 0 Å². The Morgan fingerprint density at radius 2 is 1.86 bits per heavy atom. The monoisotopic (exact) mass is 290 g/mol. The van der Waals surface area contributed by atoms with Crippen LogP contribution < -0.4 is 11.1 Å². The molecule has 1 aromatic heterocycles. The fraction of sp³-hybridized carbons (Fsp3) is 0.286. The third-order valence-electron chi connectivity index (χ3n) is 3.25. The zero-order valence-electron chi connectivity index (χ0n) is 11.5. The number of aromatic nitrogens is 1. The largest absolute Gasteiger partial charge is 0.478 e. The van der Waals surface area contributed by atoms with Gasteiger partial charge >= 0.3 is 12.0 Å². The van der Waals surface area contributed by atoms with Crippen molar-refractivity contribution < 1.29 is 14.7 Å². The summed E-state index contributed by atoms with van der Waals surface area (Å²) in [5.41, 5.74) is 6.21. The van der Waals surface area contributed by atoms with Gasteiger partial charge in [0.15, 0.2) is 0 Å². The predicted octanol–water partition coefficient (Wildman–Crippen LogP) is 0.836. The summed E-state index contributed by atoms with van der Waals surface area (Å²) in [7, 11) is 0. The second-order valence-corrected chi connectivity index (χ2v) is 4.63. The van der Waals surface area contributed by atoms with Gasteiger partial charge in [0, 0.05) is 43.3 Å². The van der Waals surface area contributed by atoms with Crippen molar-refractivity contribution in [3.8, 4) is 0 Å². The lowest BCUT2D eigenvalue weighted by molar-refractivity contribution is 0.0699. The van der Waals surface area contributed by atoms with Crippen molar-refractivity contribution in [2.45, 2.75) is 0 Å². The van der Waals surface area contributed by atoms with Crippen molar-refractivity contribution >= 4 is 22.9 Å². The molecule has 7 heteroatoms. The van der Waals surface area contributed by atoms with Gasteiger partial charge in [-0.25, -0.2) is 9.59 Å². The molecule has 1 fully saturated rings. The normalized spacial score (nSPS) is 14.4. The Balaban J connectivity index is 0.000000161. The van der Waals surface area contributed by atoms with E-state index in [0.717, 1.165) is 37.1 Å². The van der Waals surface area contributed by atoms with Crippen LogP contribution in [0, 0.1) is 0 Å². The lowest BCUT2D eigenvalue weighted by Crippen LogP contribution is -2.48. The molecule has 0 radical (unpaired) electrons. The molecule has 0 aliphatic carbocycles. The van der Waals surface area contributed by atoms with Crippen LogP contribution >= 0.6 is 0 Å². The van der Waals surface area contributed by atoms with Crippen LogP contribution in [-0.4, -0.2) is 53.2 Å². The van der Waals surface area contributed by atoms with Crippen molar-refractivity contribution in [1.82, 2.24) is 15.2 Å². The van der Waals surface area contributed by atoms with Crippen LogP contribution in [0.2, 0.25) is 0 Å². The van der Waals surface area contributed by atoms with E-state index < -0.39 is 5.97 Å². The fourth-order valence-electron chi connectivity index (χ4n) is 2.13. The summed E-state index contributed by atoms with van der Waals surface area (Å²) in [6, 6.07) is 7.01. The smallest absolute Gasteiger partial charge is 0.337 e. The van der Waals surface area contributed by atoms with Crippen LogP contribution in [0.4, 0.5) is 4.79 Å². The first-order valence-electron chi connectivity index (χ1n) is 6.64. The van der Waals surface area contributed by atoms with Gasteiger partial charge in [0.05, 0.1) is 5.56 Å². The van der Waals surface area contributed by atoms with E-state index in [4.69, 9.17) is 10.8 Å². The number of aromatic amines is 1. The number of carbonyl (C=O) groups is 2.